The lowest BCUT2D eigenvalue weighted by atomic mass is 9.94. The molecule has 0 saturated heterocycles. The van der Waals surface area contributed by atoms with Crippen LogP contribution in [0.3, 0.4) is 0 Å². The number of rotatable bonds is 0. The number of fused-ring (bicyclic) bond motifs is 1. The molecule has 5 heteroatoms. The van der Waals surface area contributed by atoms with Gasteiger partial charge >= 0.3 is 0 Å². The van der Waals surface area contributed by atoms with E-state index in [9.17, 15) is 9.59 Å². The highest BCUT2D eigenvalue weighted by Crippen LogP contribution is 2.36. The highest BCUT2D eigenvalue weighted by molar-refractivity contribution is 9.10. The van der Waals surface area contributed by atoms with Crippen molar-refractivity contribution < 1.29 is 9.59 Å². The summed E-state index contributed by atoms with van der Waals surface area (Å²) in [5.41, 5.74) is 2.91. The molecule has 2 amide bonds. The Balaban J connectivity index is 1.70. The lowest BCUT2D eigenvalue weighted by Crippen LogP contribution is -2.44. The summed E-state index contributed by atoms with van der Waals surface area (Å²) in [6.45, 7) is 0. The molecule has 0 aliphatic carbocycles. The van der Waals surface area contributed by atoms with Gasteiger partial charge in [0.2, 0.25) is 0 Å². The Morgan fingerprint density at radius 2 is 1.64 bits per heavy atom. The Morgan fingerprint density at radius 3 is 2.44 bits per heavy atom. The highest BCUT2D eigenvalue weighted by atomic mass is 79.9. The number of amides is 2. The summed E-state index contributed by atoms with van der Waals surface area (Å²) in [7, 11) is 0. The number of halogens is 1. The molecule has 0 unspecified atom stereocenters. The number of aliphatic imine (C=N–C) groups is 1. The van der Waals surface area contributed by atoms with Gasteiger partial charge in [-0.3, -0.25) is 9.59 Å². The minimum atomic E-state index is -0.312. The summed E-state index contributed by atoms with van der Waals surface area (Å²) in [5, 5.41) is 1.58. The van der Waals surface area contributed by atoms with E-state index in [-0.39, 0.29) is 11.8 Å². The van der Waals surface area contributed by atoms with E-state index in [0.29, 0.717) is 28.8 Å². The first-order valence-electron chi connectivity index (χ1n) is 7.90. The van der Waals surface area contributed by atoms with Crippen LogP contribution >= 0.6 is 15.9 Å². The van der Waals surface area contributed by atoms with E-state index in [1.807, 2.05) is 42.5 Å². The van der Waals surface area contributed by atoms with Crippen LogP contribution in [0.25, 0.3) is 10.8 Å². The van der Waals surface area contributed by atoms with Crippen LogP contribution in [0, 0.1) is 0 Å². The molecule has 0 atom stereocenters. The van der Waals surface area contributed by atoms with Gasteiger partial charge in [0.15, 0.2) is 0 Å². The third-order valence-electron chi connectivity index (χ3n) is 4.70. The fraction of sp³-hybridized carbons (Fsp3) is 0.0500. The minimum absolute atomic E-state index is 0.312. The van der Waals surface area contributed by atoms with Gasteiger partial charge in [0.1, 0.15) is 5.84 Å². The van der Waals surface area contributed by atoms with Crippen LogP contribution in [-0.4, -0.2) is 22.5 Å². The summed E-state index contributed by atoms with van der Waals surface area (Å²) >= 11 is 3.50. The third kappa shape index (κ3) is 1.96. The summed E-state index contributed by atoms with van der Waals surface area (Å²) in [6.07, 6.45) is 0.482. The van der Waals surface area contributed by atoms with Crippen molar-refractivity contribution >= 4 is 50.0 Å². The number of hydrogen-bond acceptors (Lipinski definition) is 3. The Kier molecular flexibility index (Phi) is 2.97. The molecule has 3 aromatic carbocycles. The summed E-state index contributed by atoms with van der Waals surface area (Å²) < 4.78 is 0.868. The van der Waals surface area contributed by atoms with Crippen molar-refractivity contribution in [3.63, 3.8) is 0 Å². The molecule has 5 rings (SSSR count). The van der Waals surface area contributed by atoms with Crippen molar-refractivity contribution in [3.05, 3.63) is 75.8 Å². The van der Waals surface area contributed by atoms with Gasteiger partial charge in [-0.15, -0.1) is 0 Å². The minimum Gasteiger partial charge on any atom is -0.268 e. The molecular weight excluding hydrogens is 380 g/mol. The lowest BCUT2D eigenvalue weighted by Gasteiger charge is -2.27. The van der Waals surface area contributed by atoms with E-state index in [0.717, 1.165) is 21.1 Å². The first-order valence-corrected chi connectivity index (χ1v) is 8.70. The van der Waals surface area contributed by atoms with Crippen molar-refractivity contribution in [2.45, 2.75) is 6.42 Å². The van der Waals surface area contributed by atoms with Crippen molar-refractivity contribution in [2.75, 3.05) is 0 Å². The number of benzene rings is 3. The predicted octanol–water partition coefficient (Wildman–Crippen LogP) is 4.48. The topological polar surface area (TPSA) is 49.7 Å². The van der Waals surface area contributed by atoms with Crippen LogP contribution in [0.15, 0.2) is 64.1 Å². The summed E-state index contributed by atoms with van der Waals surface area (Å²) in [4.78, 5) is 31.9. The third-order valence-corrected chi connectivity index (χ3v) is 5.39. The maximum absolute atomic E-state index is 13.1. The van der Waals surface area contributed by atoms with Crippen LogP contribution in [0.2, 0.25) is 0 Å². The average molecular weight is 391 g/mol. The van der Waals surface area contributed by atoms with Crippen LogP contribution < -0.4 is 0 Å². The van der Waals surface area contributed by atoms with Crippen molar-refractivity contribution in [2.24, 2.45) is 4.99 Å². The molecule has 4 nitrogen and oxygen atoms in total. The smallest absolute Gasteiger partial charge is 0.266 e. The summed E-state index contributed by atoms with van der Waals surface area (Å²) in [6, 6.07) is 16.8. The van der Waals surface area contributed by atoms with Gasteiger partial charge in [-0.2, -0.15) is 0 Å². The second kappa shape index (κ2) is 5.10. The fourth-order valence-electron chi connectivity index (χ4n) is 3.54. The van der Waals surface area contributed by atoms with Gasteiger partial charge in [-0.05, 0) is 35.2 Å². The van der Waals surface area contributed by atoms with Gasteiger partial charge in [0.25, 0.3) is 11.8 Å². The molecule has 0 radical (unpaired) electrons. The molecule has 2 aliphatic heterocycles. The molecule has 120 valence electrons. The van der Waals surface area contributed by atoms with Gasteiger partial charge in [-0.25, -0.2) is 9.89 Å². The van der Waals surface area contributed by atoms with E-state index in [1.54, 1.807) is 12.1 Å². The SMILES string of the molecule is O=C1c2cccc3c(Br)ccc(c23)C(=O)N1C1=Nc2ccccc2C1. The second-order valence-electron chi connectivity index (χ2n) is 6.10. The van der Waals surface area contributed by atoms with Crippen molar-refractivity contribution in [1.29, 1.82) is 0 Å². The number of amidine groups is 1. The number of nitrogens with zero attached hydrogens (tertiary/aromatic N) is 2. The zero-order chi connectivity index (χ0) is 17.1. The highest BCUT2D eigenvalue weighted by Gasteiger charge is 2.37. The lowest BCUT2D eigenvalue weighted by molar-refractivity contribution is 0.0707. The molecule has 0 N–H and O–H groups in total. The van der Waals surface area contributed by atoms with Crippen LogP contribution in [0.5, 0.6) is 0 Å². The second-order valence-corrected chi connectivity index (χ2v) is 6.96. The van der Waals surface area contributed by atoms with Gasteiger partial charge < -0.3 is 0 Å². The Morgan fingerprint density at radius 1 is 0.880 bits per heavy atom. The summed E-state index contributed by atoms with van der Waals surface area (Å²) in [5.74, 6) is -0.137. The number of hydrogen-bond donors (Lipinski definition) is 0. The maximum Gasteiger partial charge on any atom is 0.266 e. The first-order chi connectivity index (χ1) is 12.1. The molecule has 2 heterocycles. The number of carbonyl (C=O) groups excluding carboxylic acids is 2. The van der Waals surface area contributed by atoms with E-state index < -0.39 is 0 Å². The molecule has 0 saturated carbocycles. The van der Waals surface area contributed by atoms with Crippen molar-refractivity contribution in [1.82, 2.24) is 4.90 Å². The molecule has 25 heavy (non-hydrogen) atoms. The molecule has 2 aliphatic rings. The van der Waals surface area contributed by atoms with Gasteiger partial charge in [0.05, 0.1) is 5.69 Å². The Hall–Kier alpha value is -2.79. The largest absolute Gasteiger partial charge is 0.268 e. The van der Waals surface area contributed by atoms with Crippen LogP contribution in [0.4, 0.5) is 5.69 Å². The van der Waals surface area contributed by atoms with Crippen LogP contribution in [-0.2, 0) is 6.42 Å². The molecule has 0 bridgehead atoms. The van der Waals surface area contributed by atoms with E-state index in [1.165, 1.54) is 4.90 Å². The average Bonchev–Trinajstić information content (AvgIpc) is 3.04. The number of imide groups is 1. The Labute approximate surface area is 151 Å². The van der Waals surface area contributed by atoms with Crippen LogP contribution in [0.1, 0.15) is 26.3 Å². The van der Waals surface area contributed by atoms with Gasteiger partial charge in [0, 0.05) is 27.4 Å². The fourth-order valence-corrected chi connectivity index (χ4v) is 4.01. The predicted molar refractivity (Wildman–Crippen MR) is 99.4 cm³/mol. The monoisotopic (exact) mass is 390 g/mol. The van der Waals surface area contributed by atoms with E-state index in [2.05, 4.69) is 20.9 Å². The number of carbonyl (C=O) groups is 2. The van der Waals surface area contributed by atoms with E-state index in [4.69, 9.17) is 0 Å². The molecule has 0 aromatic heterocycles. The van der Waals surface area contributed by atoms with Crippen molar-refractivity contribution in [3.8, 4) is 0 Å². The quantitative estimate of drug-likeness (QED) is 0.531. The molecule has 0 spiro atoms. The zero-order valence-corrected chi connectivity index (χ0v) is 14.6. The maximum atomic E-state index is 13.1. The normalized spacial score (nSPS) is 15.6. The van der Waals surface area contributed by atoms with Gasteiger partial charge in [-0.1, -0.05) is 46.3 Å². The molecule has 0 fully saturated rings. The number of para-hydroxylation sites is 1. The molecular formula is C20H11BrN2O2. The molecule has 3 aromatic rings. The standard InChI is InChI=1S/C20H11BrN2O2/c21-15-9-8-14-18-12(15)5-3-6-13(18)19(24)23(20(14)25)17-10-11-4-1-2-7-16(11)22-17/h1-9H,10H2. The first kappa shape index (κ1) is 14.5. The van der Waals surface area contributed by atoms with E-state index >= 15 is 0 Å². The Bertz CT molecular complexity index is 1110. The zero-order valence-electron chi connectivity index (χ0n) is 13.0.